The fraction of sp³-hybridized carbons (Fsp3) is 0.385. The molecule has 0 aromatic heterocycles. The Morgan fingerprint density at radius 1 is 1.23 bits per heavy atom. The van der Waals surface area contributed by atoms with Gasteiger partial charge in [0.05, 0.1) is 0 Å². The van der Waals surface area contributed by atoms with Crippen LogP contribution in [0.25, 0.3) is 0 Å². The van der Waals surface area contributed by atoms with E-state index in [0.717, 1.165) is 0 Å². The van der Waals surface area contributed by atoms with Gasteiger partial charge in [0.25, 0.3) is 0 Å². The summed E-state index contributed by atoms with van der Waals surface area (Å²) in [6, 6.07) is 11.6. The molecule has 0 aliphatic heterocycles. The normalized spacial score (nSPS) is 22.6. The third-order valence-electron chi connectivity index (χ3n) is 2.64. The van der Waals surface area contributed by atoms with Crippen molar-refractivity contribution in [3.8, 4) is 0 Å². The quantitative estimate of drug-likeness (QED) is 0.565. The third-order valence-corrected chi connectivity index (χ3v) is 2.64. The Hall–Kier alpha value is -1.04. The minimum atomic E-state index is 0.615. The van der Waals surface area contributed by atoms with Gasteiger partial charge in [-0.2, -0.15) is 0 Å². The number of allylic oxidation sites excluding steroid dienone is 2. The monoisotopic (exact) mass is 171 g/mol. The largest absolute Gasteiger partial charge is 0.0879 e. The van der Waals surface area contributed by atoms with Crippen molar-refractivity contribution < 1.29 is 0 Å². The van der Waals surface area contributed by atoms with Crippen LogP contribution in [0.4, 0.5) is 0 Å². The highest BCUT2D eigenvalue weighted by Gasteiger charge is 2.08. The van der Waals surface area contributed by atoms with Crippen LogP contribution in [0.3, 0.4) is 0 Å². The predicted octanol–water partition coefficient (Wildman–Crippen LogP) is 3.70. The molecule has 1 aliphatic carbocycles. The van der Waals surface area contributed by atoms with Gasteiger partial charge in [0, 0.05) is 5.92 Å². The molecule has 0 spiro atoms. The molecule has 0 fully saturated rings. The standard InChI is InChI=1S/C13H15/c1-2-5-9-12(8-4-1)13-10-6-3-7-11-13/h3-4,6-8,10,12H,1-2,5,9H2. The van der Waals surface area contributed by atoms with Crippen molar-refractivity contribution in [2.24, 2.45) is 0 Å². The van der Waals surface area contributed by atoms with Gasteiger partial charge >= 0.3 is 0 Å². The lowest BCUT2D eigenvalue weighted by atomic mass is 9.95. The van der Waals surface area contributed by atoms with Crippen molar-refractivity contribution in [1.29, 1.82) is 0 Å². The molecule has 13 heavy (non-hydrogen) atoms. The second kappa shape index (κ2) is 4.27. The molecule has 0 saturated carbocycles. The molecule has 0 heteroatoms. The smallest absolute Gasteiger partial charge is 0.00241 e. The maximum absolute atomic E-state index is 3.31. The van der Waals surface area contributed by atoms with Crippen LogP contribution in [-0.4, -0.2) is 0 Å². The fourth-order valence-electron chi connectivity index (χ4n) is 1.88. The average Bonchev–Trinajstić information content (AvgIpc) is 2.47. The lowest BCUT2D eigenvalue weighted by molar-refractivity contribution is 0.664. The minimum absolute atomic E-state index is 0.615. The van der Waals surface area contributed by atoms with Crippen LogP contribution in [0.15, 0.2) is 36.4 Å². The third kappa shape index (κ3) is 2.21. The molecule has 67 valence electrons. The van der Waals surface area contributed by atoms with Crippen LogP contribution in [0, 0.1) is 6.07 Å². The van der Waals surface area contributed by atoms with Gasteiger partial charge < -0.3 is 0 Å². The number of hydrogen-bond donors (Lipinski definition) is 0. The molecule has 1 atom stereocenters. The molecule has 0 nitrogen and oxygen atoms in total. The minimum Gasteiger partial charge on any atom is -0.0879 e. The highest BCUT2D eigenvalue weighted by atomic mass is 14.1. The van der Waals surface area contributed by atoms with Gasteiger partial charge in [0.15, 0.2) is 0 Å². The van der Waals surface area contributed by atoms with E-state index in [9.17, 15) is 0 Å². The average molecular weight is 171 g/mol. The number of hydrogen-bond acceptors (Lipinski definition) is 0. The lowest BCUT2D eigenvalue weighted by Gasteiger charge is -2.09. The summed E-state index contributed by atoms with van der Waals surface area (Å²) in [7, 11) is 0. The molecule has 1 aromatic rings. The summed E-state index contributed by atoms with van der Waals surface area (Å²) in [5.74, 6) is 0.615. The van der Waals surface area contributed by atoms with Gasteiger partial charge in [0.1, 0.15) is 0 Å². The van der Waals surface area contributed by atoms with Crippen molar-refractivity contribution in [2.75, 3.05) is 0 Å². The van der Waals surface area contributed by atoms with E-state index in [-0.39, 0.29) is 0 Å². The van der Waals surface area contributed by atoms with E-state index < -0.39 is 0 Å². The van der Waals surface area contributed by atoms with Crippen LogP contribution in [0.2, 0.25) is 0 Å². The summed E-state index contributed by atoms with van der Waals surface area (Å²) in [6.45, 7) is 0. The van der Waals surface area contributed by atoms with E-state index in [0.29, 0.717) is 5.92 Å². The number of rotatable bonds is 1. The molecule has 0 bridgehead atoms. The predicted molar refractivity (Wildman–Crippen MR) is 55.6 cm³/mol. The number of benzene rings is 1. The Labute approximate surface area is 80.3 Å². The van der Waals surface area contributed by atoms with Crippen molar-refractivity contribution in [3.63, 3.8) is 0 Å². The Morgan fingerprint density at radius 2 is 2.23 bits per heavy atom. The molecule has 0 N–H and O–H groups in total. The van der Waals surface area contributed by atoms with E-state index in [2.05, 4.69) is 30.4 Å². The van der Waals surface area contributed by atoms with Crippen LogP contribution < -0.4 is 0 Å². The molecule has 0 heterocycles. The van der Waals surface area contributed by atoms with E-state index in [1.165, 1.54) is 31.2 Å². The molecule has 1 unspecified atom stereocenters. The summed E-state index contributed by atoms with van der Waals surface area (Å²) in [6.07, 6.45) is 9.90. The van der Waals surface area contributed by atoms with E-state index in [4.69, 9.17) is 0 Å². The van der Waals surface area contributed by atoms with Crippen molar-refractivity contribution in [1.82, 2.24) is 0 Å². The van der Waals surface area contributed by atoms with E-state index in [1.54, 1.807) is 0 Å². The Balaban J connectivity index is 2.15. The van der Waals surface area contributed by atoms with Gasteiger partial charge in [0.2, 0.25) is 0 Å². The second-order valence-electron chi connectivity index (χ2n) is 3.64. The second-order valence-corrected chi connectivity index (χ2v) is 3.64. The molecule has 1 aliphatic rings. The van der Waals surface area contributed by atoms with Gasteiger partial charge in [-0.25, -0.2) is 0 Å². The summed E-state index contributed by atoms with van der Waals surface area (Å²) >= 11 is 0. The highest BCUT2D eigenvalue weighted by Crippen LogP contribution is 2.26. The van der Waals surface area contributed by atoms with Gasteiger partial charge in [-0.1, -0.05) is 42.8 Å². The molecule has 1 aromatic carbocycles. The zero-order valence-electron chi connectivity index (χ0n) is 7.87. The molecule has 2 rings (SSSR count). The van der Waals surface area contributed by atoms with Crippen molar-refractivity contribution in [3.05, 3.63) is 48.0 Å². The fourth-order valence-corrected chi connectivity index (χ4v) is 1.88. The lowest BCUT2D eigenvalue weighted by Crippen LogP contribution is -1.93. The molecule has 0 amide bonds. The van der Waals surface area contributed by atoms with Gasteiger partial charge in [-0.05, 0) is 30.9 Å². The Morgan fingerprint density at radius 3 is 3.08 bits per heavy atom. The first-order valence-corrected chi connectivity index (χ1v) is 5.10. The maximum Gasteiger partial charge on any atom is 0.00241 e. The summed E-state index contributed by atoms with van der Waals surface area (Å²) in [5.41, 5.74) is 1.35. The first kappa shape index (κ1) is 8.55. The summed E-state index contributed by atoms with van der Waals surface area (Å²) in [5, 5.41) is 0. The first-order valence-electron chi connectivity index (χ1n) is 5.10. The Bertz CT molecular complexity index is 271. The SMILES string of the molecule is [c]1ccccc1C1C=CCCCC1. The van der Waals surface area contributed by atoms with E-state index in [1.807, 2.05) is 12.1 Å². The maximum atomic E-state index is 3.31. The molecule has 0 saturated heterocycles. The van der Waals surface area contributed by atoms with E-state index >= 15 is 0 Å². The van der Waals surface area contributed by atoms with Crippen LogP contribution in [0.5, 0.6) is 0 Å². The van der Waals surface area contributed by atoms with Crippen molar-refractivity contribution in [2.45, 2.75) is 31.6 Å². The van der Waals surface area contributed by atoms with Crippen LogP contribution in [-0.2, 0) is 0 Å². The Kier molecular flexibility index (Phi) is 2.81. The zero-order valence-corrected chi connectivity index (χ0v) is 7.87. The molecular formula is C13H15. The van der Waals surface area contributed by atoms with Crippen molar-refractivity contribution >= 4 is 0 Å². The van der Waals surface area contributed by atoms with Gasteiger partial charge in [-0.15, -0.1) is 0 Å². The van der Waals surface area contributed by atoms with Gasteiger partial charge in [-0.3, -0.25) is 0 Å². The highest BCUT2D eigenvalue weighted by molar-refractivity contribution is 5.22. The first-order chi connectivity index (χ1) is 6.47. The summed E-state index contributed by atoms with van der Waals surface area (Å²) in [4.78, 5) is 0. The zero-order chi connectivity index (χ0) is 8.93. The van der Waals surface area contributed by atoms with Crippen LogP contribution >= 0.6 is 0 Å². The van der Waals surface area contributed by atoms with Crippen LogP contribution in [0.1, 0.15) is 37.2 Å². The topological polar surface area (TPSA) is 0 Å². The summed E-state index contributed by atoms with van der Waals surface area (Å²) < 4.78 is 0. The molecular weight excluding hydrogens is 156 g/mol. The molecule has 1 radical (unpaired) electrons.